The van der Waals surface area contributed by atoms with Crippen molar-refractivity contribution in [1.82, 2.24) is 4.90 Å². The van der Waals surface area contributed by atoms with Crippen LogP contribution in [0.4, 0.5) is 9.18 Å². The minimum Gasteiger partial charge on any atom is -0.489 e. The molecule has 1 heterocycles. The van der Waals surface area contributed by atoms with Crippen LogP contribution in [0, 0.1) is 23.6 Å². The number of rotatable bonds is 29. The number of oxime groups is 1. The Hall–Kier alpha value is -3.93. The first-order valence-electron chi connectivity index (χ1n) is 23.8. The fourth-order valence-corrected chi connectivity index (χ4v) is 10.1. The number of aliphatic hydroxyl groups excluding tert-OH is 2. The van der Waals surface area contributed by atoms with E-state index in [0.29, 0.717) is 55.9 Å². The minimum atomic E-state index is -1.36. The van der Waals surface area contributed by atoms with Crippen LogP contribution in [0.2, 0.25) is 0 Å². The average Bonchev–Trinajstić information content (AvgIpc) is 3.28. The summed E-state index contributed by atoms with van der Waals surface area (Å²) in [5.74, 6) is -0.958. The minimum absolute atomic E-state index is 0.0571. The Labute approximate surface area is 370 Å². The Kier molecular flexibility index (Phi) is 20.6. The zero-order chi connectivity index (χ0) is 44.2. The monoisotopic (exact) mass is 863 g/mol. The van der Waals surface area contributed by atoms with Crippen LogP contribution in [-0.2, 0) is 20.9 Å². The summed E-state index contributed by atoms with van der Waals surface area (Å²) in [5, 5.41) is 24.4. The van der Waals surface area contributed by atoms with E-state index < -0.39 is 23.8 Å². The number of allylic oxidation sites excluding steroid dienone is 1. The summed E-state index contributed by atoms with van der Waals surface area (Å²) in [4.78, 5) is 21.8. The van der Waals surface area contributed by atoms with Crippen LogP contribution in [-0.4, -0.2) is 78.8 Å². The van der Waals surface area contributed by atoms with E-state index in [9.17, 15) is 19.4 Å². The van der Waals surface area contributed by atoms with E-state index in [1.165, 1.54) is 51.0 Å². The smallest absolute Gasteiger partial charge is 0.410 e. The molecule has 2 aliphatic carbocycles. The van der Waals surface area contributed by atoms with E-state index in [-0.39, 0.29) is 50.0 Å². The predicted molar refractivity (Wildman–Crippen MR) is 243 cm³/mol. The number of halogens is 1. The lowest BCUT2D eigenvalue weighted by Gasteiger charge is -2.59. The second-order valence-corrected chi connectivity index (χ2v) is 17.3. The zero-order valence-corrected chi connectivity index (χ0v) is 37.9. The van der Waals surface area contributed by atoms with Gasteiger partial charge >= 0.3 is 6.09 Å². The maximum Gasteiger partial charge on any atom is 0.410 e. The summed E-state index contributed by atoms with van der Waals surface area (Å²) in [6, 6.07) is 11.7. The molecule has 1 saturated carbocycles. The molecule has 0 unspecified atom stereocenters. The number of ether oxygens (including phenoxy) is 4. The standard InChI is InChI=1S/C51H75FN2O8/c1-5-8-9-10-11-12-13-14-15-22-33-59-50(57)54(29-6-2)47-36-45(53-58-4)42-34-38(23-18-20-30-55)41(25-19-21-31-56)48-43-35-40(60-37-39-24-16-17-26-44(39)52)27-28-46(43)62-51(47,49(42)48)61-32-7-3/h7,16-17,24,26-28,34-35,38,41,47-49,55-56H,3,5-6,8-15,18-23,25,29-33,36-37H2,1-2,4H3/t38-,41+,47-,48+,49+,51+/m0/s1. The summed E-state index contributed by atoms with van der Waals surface area (Å²) in [7, 11) is 1.55. The van der Waals surface area contributed by atoms with Crippen LogP contribution in [0.3, 0.4) is 0 Å². The molecule has 2 aromatic carbocycles. The average molecular weight is 863 g/mol. The fourth-order valence-electron chi connectivity index (χ4n) is 10.1. The summed E-state index contributed by atoms with van der Waals surface area (Å²) in [6.45, 7) is 9.51. The number of carbonyl (C=O) groups is 1. The van der Waals surface area contributed by atoms with Crippen molar-refractivity contribution in [3.63, 3.8) is 0 Å². The molecular weight excluding hydrogens is 788 g/mol. The van der Waals surface area contributed by atoms with Crippen LogP contribution in [0.5, 0.6) is 11.5 Å². The Bertz CT molecular complexity index is 1730. The molecule has 2 aromatic rings. The van der Waals surface area contributed by atoms with Crippen LogP contribution < -0.4 is 9.47 Å². The van der Waals surface area contributed by atoms with Crippen molar-refractivity contribution in [2.75, 3.05) is 40.1 Å². The molecule has 1 fully saturated rings. The predicted octanol–water partition coefficient (Wildman–Crippen LogP) is 11.4. The molecule has 6 atom stereocenters. The first kappa shape index (κ1) is 49.1. The van der Waals surface area contributed by atoms with Gasteiger partial charge in [-0.25, -0.2) is 9.18 Å². The highest BCUT2D eigenvalue weighted by molar-refractivity contribution is 6.02. The Balaban J connectivity index is 1.54. The van der Waals surface area contributed by atoms with Gasteiger partial charge in [0, 0.05) is 43.2 Å². The molecule has 1 aliphatic heterocycles. The number of unbranched alkanes of at least 4 members (excludes halogenated alkanes) is 11. The Morgan fingerprint density at radius 1 is 0.935 bits per heavy atom. The SMILES string of the molecule is C=CCO[C@@]12Oc3ccc(OCc4ccccc4F)cc3[C@H]3[C@H](CCCCO)[C@@H](CCCCO)C=C(C(=NOC)C[C@@H]1N(CCC)C(=O)OCCCCCCCCCCCC)[C@H]32. The molecule has 0 radical (unpaired) electrons. The van der Waals surface area contributed by atoms with Gasteiger partial charge in [-0.15, -0.1) is 6.58 Å². The zero-order valence-electron chi connectivity index (χ0n) is 37.9. The number of amides is 1. The van der Waals surface area contributed by atoms with Crippen LogP contribution in [0.15, 0.2) is 71.9 Å². The first-order chi connectivity index (χ1) is 30.4. The van der Waals surface area contributed by atoms with Gasteiger partial charge in [-0.1, -0.05) is 120 Å². The van der Waals surface area contributed by atoms with Gasteiger partial charge in [0.25, 0.3) is 0 Å². The van der Waals surface area contributed by atoms with E-state index in [1.54, 1.807) is 36.3 Å². The normalized spacial score (nSPS) is 23.2. The number of carbonyl (C=O) groups excluding carboxylic acids is 1. The van der Waals surface area contributed by atoms with Gasteiger partial charge in [0.2, 0.25) is 5.79 Å². The third-order valence-corrected chi connectivity index (χ3v) is 13.0. The van der Waals surface area contributed by atoms with Gasteiger partial charge in [-0.05, 0) is 80.2 Å². The fraction of sp³-hybridized carbons (Fsp3) is 0.647. The lowest BCUT2D eigenvalue weighted by atomic mass is 9.55. The van der Waals surface area contributed by atoms with Gasteiger partial charge < -0.3 is 34.0 Å². The molecule has 1 amide bonds. The van der Waals surface area contributed by atoms with Crippen molar-refractivity contribution in [3.8, 4) is 11.5 Å². The number of hydrogen-bond donors (Lipinski definition) is 2. The number of hydrogen-bond acceptors (Lipinski definition) is 9. The molecule has 5 rings (SSSR count). The molecule has 11 heteroatoms. The Morgan fingerprint density at radius 2 is 1.65 bits per heavy atom. The summed E-state index contributed by atoms with van der Waals surface area (Å²) >= 11 is 0. The van der Waals surface area contributed by atoms with Gasteiger partial charge in [-0.2, -0.15) is 0 Å². The molecular formula is C51H75FN2O8. The number of benzene rings is 2. The summed E-state index contributed by atoms with van der Waals surface area (Å²) in [5.41, 5.74) is 3.09. The maximum absolute atomic E-state index is 14.7. The highest BCUT2D eigenvalue weighted by Crippen LogP contribution is 2.62. The lowest BCUT2D eigenvalue weighted by Crippen LogP contribution is -2.70. The van der Waals surface area contributed by atoms with E-state index in [0.717, 1.165) is 61.8 Å². The van der Waals surface area contributed by atoms with E-state index in [2.05, 4.69) is 31.7 Å². The molecule has 0 aromatic heterocycles. The molecule has 0 bridgehead atoms. The molecule has 3 aliphatic rings. The van der Waals surface area contributed by atoms with Crippen molar-refractivity contribution < 1.29 is 43.2 Å². The summed E-state index contributed by atoms with van der Waals surface area (Å²) < 4.78 is 41.4. The topological polar surface area (TPSA) is 119 Å². The molecule has 0 spiro atoms. The summed E-state index contributed by atoms with van der Waals surface area (Å²) in [6.07, 6.45) is 21.2. The quantitative estimate of drug-likeness (QED) is 0.0471. The molecule has 62 heavy (non-hydrogen) atoms. The van der Waals surface area contributed by atoms with E-state index in [1.807, 2.05) is 18.2 Å². The second-order valence-electron chi connectivity index (χ2n) is 17.3. The highest BCUT2D eigenvalue weighted by atomic mass is 19.1. The van der Waals surface area contributed by atoms with Gasteiger partial charge in [-0.3, -0.25) is 4.90 Å². The maximum atomic E-state index is 14.7. The second kappa shape index (κ2) is 26.0. The Morgan fingerprint density at radius 3 is 2.32 bits per heavy atom. The first-order valence-corrected chi connectivity index (χ1v) is 23.8. The number of fused-ring (bicyclic) bond motifs is 2. The molecule has 10 nitrogen and oxygen atoms in total. The molecule has 344 valence electrons. The van der Waals surface area contributed by atoms with Crippen LogP contribution in [0.25, 0.3) is 0 Å². The highest BCUT2D eigenvalue weighted by Gasteiger charge is 2.65. The van der Waals surface area contributed by atoms with E-state index >= 15 is 0 Å². The lowest BCUT2D eigenvalue weighted by molar-refractivity contribution is -0.255. The van der Waals surface area contributed by atoms with Crippen molar-refractivity contribution in [2.24, 2.45) is 22.9 Å². The van der Waals surface area contributed by atoms with Gasteiger partial charge in [0.15, 0.2) is 0 Å². The van der Waals surface area contributed by atoms with Crippen molar-refractivity contribution in [1.29, 1.82) is 0 Å². The third-order valence-electron chi connectivity index (χ3n) is 13.0. The largest absolute Gasteiger partial charge is 0.489 e. The molecule has 2 N–H and O–H groups in total. The third kappa shape index (κ3) is 12.6. The molecule has 0 saturated heterocycles. The number of nitrogens with zero attached hydrogens (tertiary/aromatic N) is 2. The van der Waals surface area contributed by atoms with Crippen molar-refractivity contribution in [3.05, 3.63) is 83.7 Å². The van der Waals surface area contributed by atoms with Crippen molar-refractivity contribution in [2.45, 2.75) is 154 Å². The van der Waals surface area contributed by atoms with Crippen molar-refractivity contribution >= 4 is 11.8 Å². The van der Waals surface area contributed by atoms with E-state index in [4.69, 9.17) is 23.8 Å². The van der Waals surface area contributed by atoms with Crippen LogP contribution in [0.1, 0.15) is 146 Å². The number of aliphatic hydroxyl groups is 2. The van der Waals surface area contributed by atoms with Crippen LogP contribution >= 0.6 is 0 Å². The van der Waals surface area contributed by atoms with Gasteiger partial charge in [0.05, 0.1) is 24.8 Å². The van der Waals surface area contributed by atoms with Gasteiger partial charge in [0.1, 0.15) is 37.1 Å².